The van der Waals surface area contributed by atoms with E-state index < -0.39 is 18.8 Å². The van der Waals surface area contributed by atoms with Crippen molar-refractivity contribution < 1.29 is 22.7 Å². The Morgan fingerprint density at radius 1 is 1.43 bits per heavy atom. The minimum absolute atomic E-state index is 0.0875. The van der Waals surface area contributed by atoms with Gasteiger partial charge in [0, 0.05) is 22.4 Å². The largest absolute Gasteiger partial charge is 0.411 e. The molecule has 126 valence electrons. The van der Waals surface area contributed by atoms with Crippen molar-refractivity contribution in [3.8, 4) is 10.6 Å². The molecular formula is C14H15F3N2O2S2. The molecule has 0 aliphatic heterocycles. The highest BCUT2D eigenvalue weighted by Crippen LogP contribution is 2.25. The lowest BCUT2D eigenvalue weighted by Gasteiger charge is -2.14. The Labute approximate surface area is 139 Å². The summed E-state index contributed by atoms with van der Waals surface area (Å²) in [6, 6.07) is 1.45. The maximum Gasteiger partial charge on any atom is 0.411 e. The topological polar surface area (TPSA) is 51.2 Å². The van der Waals surface area contributed by atoms with Crippen LogP contribution in [0.2, 0.25) is 0 Å². The molecule has 1 amide bonds. The molecule has 2 rings (SSSR count). The van der Waals surface area contributed by atoms with Gasteiger partial charge in [-0.2, -0.15) is 24.5 Å². The molecule has 4 nitrogen and oxygen atoms in total. The highest BCUT2D eigenvalue weighted by atomic mass is 32.1. The summed E-state index contributed by atoms with van der Waals surface area (Å²) in [5.41, 5.74) is 1.65. The molecule has 0 bridgehead atoms. The number of nitrogens with one attached hydrogen (secondary N) is 1. The minimum Gasteiger partial charge on any atom is -0.370 e. The number of carbonyl (C=O) groups is 1. The second-order valence-electron chi connectivity index (χ2n) is 4.93. The van der Waals surface area contributed by atoms with Crippen molar-refractivity contribution in [1.82, 2.24) is 10.3 Å². The van der Waals surface area contributed by atoms with Crippen molar-refractivity contribution in [1.29, 1.82) is 0 Å². The Morgan fingerprint density at radius 2 is 2.22 bits per heavy atom. The number of carbonyl (C=O) groups excluding carboxylic acids is 1. The van der Waals surface area contributed by atoms with Crippen LogP contribution in [0, 0.1) is 0 Å². The van der Waals surface area contributed by atoms with Crippen molar-refractivity contribution in [2.75, 3.05) is 13.2 Å². The lowest BCUT2D eigenvalue weighted by molar-refractivity contribution is -0.175. The van der Waals surface area contributed by atoms with Gasteiger partial charge in [0.2, 0.25) is 5.91 Å². The highest BCUT2D eigenvalue weighted by molar-refractivity contribution is 7.14. The molecule has 0 fully saturated rings. The predicted octanol–water partition coefficient (Wildman–Crippen LogP) is 3.50. The van der Waals surface area contributed by atoms with Crippen LogP contribution in [0.25, 0.3) is 10.6 Å². The monoisotopic (exact) mass is 364 g/mol. The van der Waals surface area contributed by atoms with Crippen molar-refractivity contribution in [2.24, 2.45) is 0 Å². The van der Waals surface area contributed by atoms with Crippen LogP contribution >= 0.6 is 22.7 Å². The predicted molar refractivity (Wildman–Crippen MR) is 83.6 cm³/mol. The zero-order valence-corrected chi connectivity index (χ0v) is 13.9. The van der Waals surface area contributed by atoms with Crippen LogP contribution in [-0.4, -0.2) is 36.3 Å². The molecule has 2 aromatic heterocycles. The first-order valence-corrected chi connectivity index (χ1v) is 8.56. The SMILES string of the molecule is CC(COCC(F)(F)F)NC(=O)Cc1csc(-c2ccsc2)n1. The third-order valence-electron chi connectivity index (χ3n) is 2.70. The van der Waals surface area contributed by atoms with E-state index in [1.807, 2.05) is 16.8 Å². The van der Waals surface area contributed by atoms with E-state index in [0.717, 1.165) is 10.6 Å². The third-order valence-corrected chi connectivity index (χ3v) is 4.33. The average Bonchev–Trinajstić information content (AvgIpc) is 3.06. The molecule has 0 aromatic carbocycles. The number of hydrogen-bond donors (Lipinski definition) is 1. The van der Waals surface area contributed by atoms with Gasteiger partial charge in [0.1, 0.15) is 11.6 Å². The first kappa shape index (κ1) is 17.9. The van der Waals surface area contributed by atoms with Gasteiger partial charge in [0.25, 0.3) is 0 Å². The fraction of sp³-hybridized carbons (Fsp3) is 0.429. The standard InChI is InChI=1S/C14H15F3N2O2S2/c1-9(5-21-8-14(15,16)17)18-12(20)4-11-7-23-13(19-11)10-2-3-22-6-10/h2-3,6-7,9H,4-5,8H2,1H3,(H,18,20). The van der Waals surface area contributed by atoms with Gasteiger partial charge in [-0.1, -0.05) is 0 Å². The Morgan fingerprint density at radius 3 is 2.87 bits per heavy atom. The molecule has 0 aliphatic carbocycles. The summed E-state index contributed by atoms with van der Waals surface area (Å²) >= 11 is 3.02. The lowest BCUT2D eigenvalue weighted by Crippen LogP contribution is -2.37. The summed E-state index contributed by atoms with van der Waals surface area (Å²) in [6.07, 6.45) is -4.27. The highest BCUT2D eigenvalue weighted by Gasteiger charge is 2.27. The van der Waals surface area contributed by atoms with E-state index in [-0.39, 0.29) is 18.9 Å². The molecule has 0 aliphatic rings. The number of nitrogens with zero attached hydrogens (tertiary/aromatic N) is 1. The molecule has 9 heteroatoms. The van der Waals surface area contributed by atoms with Crippen LogP contribution in [0.15, 0.2) is 22.2 Å². The average molecular weight is 364 g/mol. The van der Waals surface area contributed by atoms with Crippen molar-refractivity contribution in [3.05, 3.63) is 27.9 Å². The number of alkyl halides is 3. The van der Waals surface area contributed by atoms with E-state index in [1.54, 1.807) is 23.6 Å². The van der Waals surface area contributed by atoms with Crippen molar-refractivity contribution in [3.63, 3.8) is 0 Å². The normalized spacial score (nSPS) is 13.0. The van der Waals surface area contributed by atoms with Gasteiger partial charge in [0.15, 0.2) is 0 Å². The molecule has 0 radical (unpaired) electrons. The van der Waals surface area contributed by atoms with Crippen LogP contribution in [-0.2, 0) is 16.0 Å². The summed E-state index contributed by atoms with van der Waals surface area (Å²) in [5, 5.41) is 9.17. The fourth-order valence-electron chi connectivity index (χ4n) is 1.79. The number of thiophene rings is 1. The zero-order valence-electron chi connectivity index (χ0n) is 12.2. The van der Waals surface area contributed by atoms with Crippen LogP contribution in [0.1, 0.15) is 12.6 Å². The molecule has 2 aromatic rings. The Balaban J connectivity index is 1.76. The molecule has 0 saturated carbocycles. The van der Waals surface area contributed by atoms with Crippen molar-refractivity contribution in [2.45, 2.75) is 25.6 Å². The van der Waals surface area contributed by atoms with Crippen LogP contribution in [0.4, 0.5) is 13.2 Å². The van der Waals surface area contributed by atoms with Crippen LogP contribution in [0.5, 0.6) is 0 Å². The zero-order chi connectivity index (χ0) is 16.9. The number of amides is 1. The minimum atomic E-state index is -4.36. The molecular weight excluding hydrogens is 349 g/mol. The smallest absolute Gasteiger partial charge is 0.370 e. The summed E-state index contributed by atoms with van der Waals surface area (Å²) in [6.45, 7) is 0.0812. The van der Waals surface area contributed by atoms with E-state index >= 15 is 0 Å². The second kappa shape index (κ2) is 7.89. The second-order valence-corrected chi connectivity index (χ2v) is 6.57. The molecule has 2 heterocycles. The Kier molecular flexibility index (Phi) is 6.14. The Bertz CT molecular complexity index is 626. The fourth-order valence-corrected chi connectivity index (χ4v) is 3.32. The quantitative estimate of drug-likeness (QED) is 0.818. The maximum absolute atomic E-state index is 12.0. The van der Waals surface area contributed by atoms with Gasteiger partial charge in [-0.3, -0.25) is 4.79 Å². The number of ether oxygens (including phenoxy) is 1. The number of thiazole rings is 1. The molecule has 1 N–H and O–H groups in total. The number of hydrogen-bond acceptors (Lipinski definition) is 5. The van der Waals surface area contributed by atoms with Gasteiger partial charge in [-0.25, -0.2) is 4.98 Å². The first-order valence-electron chi connectivity index (χ1n) is 6.74. The van der Waals surface area contributed by atoms with Gasteiger partial charge in [0.05, 0.1) is 18.7 Å². The van der Waals surface area contributed by atoms with Crippen LogP contribution < -0.4 is 5.32 Å². The molecule has 23 heavy (non-hydrogen) atoms. The van der Waals surface area contributed by atoms with Gasteiger partial charge in [-0.15, -0.1) is 11.3 Å². The van der Waals surface area contributed by atoms with Gasteiger partial charge >= 0.3 is 6.18 Å². The summed E-state index contributed by atoms with van der Waals surface area (Å²) < 4.78 is 40.4. The van der Waals surface area contributed by atoms with Crippen LogP contribution in [0.3, 0.4) is 0 Å². The number of aromatic nitrogens is 1. The van der Waals surface area contributed by atoms with E-state index in [1.165, 1.54) is 11.3 Å². The number of halogens is 3. The van der Waals surface area contributed by atoms with E-state index in [9.17, 15) is 18.0 Å². The Hall–Kier alpha value is -1.45. The molecule has 0 saturated heterocycles. The summed E-state index contributed by atoms with van der Waals surface area (Å²) in [5.74, 6) is -0.296. The number of rotatable bonds is 7. The van der Waals surface area contributed by atoms with Gasteiger partial charge < -0.3 is 10.1 Å². The van der Waals surface area contributed by atoms with E-state index in [0.29, 0.717) is 5.69 Å². The molecule has 1 atom stereocenters. The van der Waals surface area contributed by atoms with E-state index in [4.69, 9.17) is 0 Å². The summed E-state index contributed by atoms with van der Waals surface area (Å²) in [4.78, 5) is 16.2. The third kappa shape index (κ3) is 6.28. The summed E-state index contributed by atoms with van der Waals surface area (Å²) in [7, 11) is 0. The molecule has 1 unspecified atom stereocenters. The molecule has 0 spiro atoms. The van der Waals surface area contributed by atoms with Gasteiger partial charge in [-0.05, 0) is 18.4 Å². The van der Waals surface area contributed by atoms with Crippen molar-refractivity contribution >= 4 is 28.6 Å². The lowest BCUT2D eigenvalue weighted by atomic mass is 10.3. The maximum atomic E-state index is 12.0. The van der Waals surface area contributed by atoms with E-state index in [2.05, 4.69) is 15.0 Å². The first-order chi connectivity index (χ1) is 10.8.